The van der Waals surface area contributed by atoms with Crippen LogP contribution in [0.15, 0.2) is 24.5 Å². The summed E-state index contributed by atoms with van der Waals surface area (Å²) in [6.07, 6.45) is 6.37. The first-order chi connectivity index (χ1) is 9.16. The minimum atomic E-state index is -0.887. The predicted molar refractivity (Wildman–Crippen MR) is 71.9 cm³/mol. The molecule has 1 aromatic carbocycles. The summed E-state index contributed by atoms with van der Waals surface area (Å²) in [5.74, 6) is -0.887. The number of imidazole rings is 1. The Bertz CT molecular complexity index is 644. The predicted octanol–water partition coefficient (Wildman–Crippen LogP) is 2.76. The zero-order chi connectivity index (χ0) is 13.4. The summed E-state index contributed by atoms with van der Waals surface area (Å²) < 4.78 is 2.11. The summed E-state index contributed by atoms with van der Waals surface area (Å²) in [6, 6.07) is 5.24. The normalized spacial score (nSPS) is 14.2. The zero-order valence-corrected chi connectivity index (χ0v) is 10.9. The van der Waals surface area contributed by atoms with Crippen LogP contribution < -0.4 is 0 Å². The lowest BCUT2D eigenvalue weighted by atomic mass is 10.0. The van der Waals surface area contributed by atoms with Crippen molar-refractivity contribution in [3.63, 3.8) is 0 Å². The molecule has 4 nitrogen and oxygen atoms in total. The van der Waals surface area contributed by atoms with E-state index < -0.39 is 5.97 Å². The number of aromatic carboxylic acids is 1. The van der Waals surface area contributed by atoms with Gasteiger partial charge in [0.05, 0.1) is 17.6 Å². The van der Waals surface area contributed by atoms with Crippen molar-refractivity contribution in [2.75, 3.05) is 0 Å². The van der Waals surface area contributed by atoms with E-state index in [2.05, 4.69) is 9.55 Å². The van der Waals surface area contributed by atoms with Crippen molar-refractivity contribution in [1.82, 2.24) is 9.55 Å². The number of carboxylic acid groups (broad SMARTS) is 1. The van der Waals surface area contributed by atoms with Crippen molar-refractivity contribution >= 4 is 5.97 Å². The van der Waals surface area contributed by atoms with Crippen LogP contribution in [-0.2, 0) is 12.8 Å². The minimum absolute atomic E-state index is 0.329. The molecule has 0 saturated heterocycles. The molecule has 1 N–H and O–H groups in total. The molecule has 0 spiro atoms. The molecule has 1 aliphatic rings. The highest BCUT2D eigenvalue weighted by Crippen LogP contribution is 2.25. The molecular weight excluding hydrogens is 240 g/mol. The Hall–Kier alpha value is -2.10. The van der Waals surface area contributed by atoms with Crippen LogP contribution in [-0.4, -0.2) is 20.6 Å². The van der Waals surface area contributed by atoms with Gasteiger partial charge in [-0.05, 0) is 56.4 Å². The molecule has 1 heterocycles. The molecule has 0 atom stereocenters. The van der Waals surface area contributed by atoms with Crippen LogP contribution in [0.3, 0.4) is 0 Å². The second-order valence-corrected chi connectivity index (χ2v) is 5.02. The molecule has 4 heteroatoms. The summed E-state index contributed by atoms with van der Waals surface area (Å²) in [5.41, 5.74) is 4.78. The lowest BCUT2D eigenvalue weighted by Crippen LogP contribution is -2.08. The highest BCUT2D eigenvalue weighted by molar-refractivity contribution is 5.88. The fourth-order valence-electron chi connectivity index (χ4n) is 2.74. The number of aromatic nitrogens is 2. The first kappa shape index (κ1) is 12.0. The van der Waals surface area contributed by atoms with E-state index in [0.29, 0.717) is 5.56 Å². The molecule has 2 aromatic rings. The van der Waals surface area contributed by atoms with Crippen molar-refractivity contribution in [3.8, 4) is 5.69 Å². The molecular formula is C15H16N2O2. The van der Waals surface area contributed by atoms with Gasteiger partial charge in [0.2, 0.25) is 0 Å². The standard InChI is InChI=1S/C15H16N2O2/c1-10-8-11(15(18)19)6-7-13(10)17-9-16-12-4-2-3-5-14(12)17/h6-9H,2-5H2,1H3,(H,18,19). The summed E-state index contributed by atoms with van der Waals surface area (Å²) in [6.45, 7) is 1.94. The van der Waals surface area contributed by atoms with Gasteiger partial charge in [0.1, 0.15) is 0 Å². The molecule has 0 amide bonds. The van der Waals surface area contributed by atoms with Crippen molar-refractivity contribution in [2.45, 2.75) is 32.6 Å². The maximum absolute atomic E-state index is 11.0. The molecule has 0 saturated carbocycles. The van der Waals surface area contributed by atoms with Crippen molar-refractivity contribution in [3.05, 3.63) is 47.0 Å². The van der Waals surface area contributed by atoms with Crippen LogP contribution in [0.25, 0.3) is 5.69 Å². The van der Waals surface area contributed by atoms with E-state index in [1.807, 2.05) is 19.3 Å². The lowest BCUT2D eigenvalue weighted by molar-refractivity contribution is 0.0697. The Morgan fingerprint density at radius 2 is 2.11 bits per heavy atom. The third-order valence-corrected chi connectivity index (χ3v) is 3.73. The molecule has 0 bridgehead atoms. The highest BCUT2D eigenvalue weighted by Gasteiger charge is 2.17. The van der Waals surface area contributed by atoms with E-state index in [1.165, 1.54) is 24.2 Å². The zero-order valence-electron chi connectivity index (χ0n) is 10.9. The number of rotatable bonds is 2. The molecule has 0 unspecified atom stereocenters. The number of fused-ring (bicyclic) bond motifs is 1. The minimum Gasteiger partial charge on any atom is -0.478 e. The van der Waals surface area contributed by atoms with Gasteiger partial charge in [0.25, 0.3) is 0 Å². The molecule has 3 rings (SSSR count). The van der Waals surface area contributed by atoms with E-state index in [-0.39, 0.29) is 0 Å². The summed E-state index contributed by atoms with van der Waals surface area (Å²) >= 11 is 0. The monoisotopic (exact) mass is 256 g/mol. The summed E-state index contributed by atoms with van der Waals surface area (Å²) in [4.78, 5) is 15.4. The number of hydrogen-bond donors (Lipinski definition) is 1. The smallest absolute Gasteiger partial charge is 0.335 e. The van der Waals surface area contributed by atoms with Gasteiger partial charge in [-0.1, -0.05) is 0 Å². The third-order valence-electron chi connectivity index (χ3n) is 3.73. The van der Waals surface area contributed by atoms with E-state index in [1.54, 1.807) is 12.1 Å². The second-order valence-electron chi connectivity index (χ2n) is 5.02. The lowest BCUT2D eigenvalue weighted by Gasteiger charge is -2.15. The van der Waals surface area contributed by atoms with Crippen LogP contribution in [0, 0.1) is 6.92 Å². The van der Waals surface area contributed by atoms with Crippen LogP contribution in [0.1, 0.15) is 40.2 Å². The van der Waals surface area contributed by atoms with E-state index in [0.717, 1.165) is 24.1 Å². The molecule has 19 heavy (non-hydrogen) atoms. The second kappa shape index (κ2) is 4.53. The number of benzene rings is 1. The maximum atomic E-state index is 11.0. The number of carboxylic acids is 1. The van der Waals surface area contributed by atoms with E-state index >= 15 is 0 Å². The van der Waals surface area contributed by atoms with Gasteiger partial charge in [-0.15, -0.1) is 0 Å². The number of carbonyl (C=O) groups is 1. The van der Waals surface area contributed by atoms with Gasteiger partial charge < -0.3 is 9.67 Å². The highest BCUT2D eigenvalue weighted by atomic mass is 16.4. The Labute approximate surface area is 111 Å². The van der Waals surface area contributed by atoms with Crippen molar-refractivity contribution in [2.24, 2.45) is 0 Å². The van der Waals surface area contributed by atoms with Gasteiger partial charge in [0.15, 0.2) is 0 Å². The van der Waals surface area contributed by atoms with Gasteiger partial charge >= 0.3 is 5.97 Å². The quantitative estimate of drug-likeness (QED) is 0.898. The average molecular weight is 256 g/mol. The Kier molecular flexibility index (Phi) is 2.85. The summed E-state index contributed by atoms with van der Waals surface area (Å²) in [7, 11) is 0. The fourth-order valence-corrected chi connectivity index (χ4v) is 2.74. The summed E-state index contributed by atoms with van der Waals surface area (Å²) in [5, 5.41) is 9.00. The van der Waals surface area contributed by atoms with E-state index in [4.69, 9.17) is 5.11 Å². The number of nitrogens with zero attached hydrogens (tertiary/aromatic N) is 2. The fraction of sp³-hybridized carbons (Fsp3) is 0.333. The average Bonchev–Trinajstić information content (AvgIpc) is 2.82. The first-order valence-electron chi connectivity index (χ1n) is 6.56. The van der Waals surface area contributed by atoms with E-state index in [9.17, 15) is 4.79 Å². The molecule has 0 radical (unpaired) electrons. The van der Waals surface area contributed by atoms with Gasteiger partial charge in [0, 0.05) is 11.4 Å². The maximum Gasteiger partial charge on any atom is 0.335 e. The topological polar surface area (TPSA) is 55.1 Å². The van der Waals surface area contributed by atoms with Crippen molar-refractivity contribution in [1.29, 1.82) is 0 Å². The molecule has 1 aliphatic carbocycles. The van der Waals surface area contributed by atoms with Crippen molar-refractivity contribution < 1.29 is 9.90 Å². The van der Waals surface area contributed by atoms with Gasteiger partial charge in [-0.2, -0.15) is 0 Å². The SMILES string of the molecule is Cc1cc(C(=O)O)ccc1-n1cnc2c1CCCC2. The Morgan fingerprint density at radius 3 is 2.84 bits per heavy atom. The molecule has 0 fully saturated rings. The number of hydrogen-bond acceptors (Lipinski definition) is 2. The Balaban J connectivity index is 2.07. The molecule has 98 valence electrons. The number of aryl methyl sites for hydroxylation is 2. The molecule has 1 aromatic heterocycles. The van der Waals surface area contributed by atoms with Gasteiger partial charge in [-0.3, -0.25) is 0 Å². The van der Waals surface area contributed by atoms with Crippen LogP contribution in [0.5, 0.6) is 0 Å². The van der Waals surface area contributed by atoms with Crippen LogP contribution in [0.4, 0.5) is 0 Å². The van der Waals surface area contributed by atoms with Gasteiger partial charge in [-0.25, -0.2) is 9.78 Å². The largest absolute Gasteiger partial charge is 0.478 e. The Morgan fingerprint density at radius 1 is 1.32 bits per heavy atom. The van der Waals surface area contributed by atoms with Crippen LogP contribution >= 0.6 is 0 Å². The third kappa shape index (κ3) is 2.03. The van der Waals surface area contributed by atoms with Crippen LogP contribution in [0.2, 0.25) is 0 Å². The first-order valence-corrected chi connectivity index (χ1v) is 6.56. The molecule has 0 aliphatic heterocycles.